The van der Waals surface area contributed by atoms with E-state index in [4.69, 9.17) is 9.97 Å². The zero-order valence-electron chi connectivity index (χ0n) is 26.3. The first-order chi connectivity index (χ1) is 23.0. The largest absolute Gasteiger partial charge is 0.265 e. The van der Waals surface area contributed by atoms with Crippen molar-refractivity contribution in [3.63, 3.8) is 0 Å². The van der Waals surface area contributed by atoms with Crippen molar-refractivity contribution in [1.29, 1.82) is 0 Å². The Hall–Kier alpha value is -5.93. The van der Waals surface area contributed by atoms with Crippen LogP contribution in [0.25, 0.3) is 77.7 Å². The fraction of sp³-hybridized carbons (Fsp3) is 0.0682. The molecule has 8 aromatic rings. The van der Waals surface area contributed by atoms with Gasteiger partial charge in [-0.3, -0.25) is 4.98 Å². The molecule has 0 aliphatic heterocycles. The Morgan fingerprint density at radius 2 is 1.13 bits per heavy atom. The van der Waals surface area contributed by atoms with Crippen molar-refractivity contribution in [2.45, 2.75) is 19.3 Å². The van der Waals surface area contributed by atoms with Crippen molar-refractivity contribution < 1.29 is 0 Å². The molecule has 0 atom stereocenters. The van der Waals surface area contributed by atoms with E-state index in [9.17, 15) is 0 Å². The van der Waals surface area contributed by atoms with Gasteiger partial charge in [-0.1, -0.05) is 111 Å². The average molecular weight is 602 g/mol. The molecule has 0 amide bonds. The summed E-state index contributed by atoms with van der Waals surface area (Å²) in [6, 6.07) is 49.9. The number of fused-ring (bicyclic) bond motifs is 6. The minimum atomic E-state index is -0.0396. The molecule has 3 heteroatoms. The molecular formula is C44H31N3. The molecule has 0 unspecified atom stereocenters. The van der Waals surface area contributed by atoms with Crippen molar-refractivity contribution in [3.8, 4) is 56.2 Å². The average Bonchev–Trinajstić information content (AvgIpc) is 3.36. The van der Waals surface area contributed by atoms with E-state index in [1.807, 2.05) is 30.6 Å². The van der Waals surface area contributed by atoms with Crippen LogP contribution in [0.5, 0.6) is 0 Å². The smallest absolute Gasteiger partial charge is 0.160 e. The Bertz CT molecular complexity index is 2480. The van der Waals surface area contributed by atoms with E-state index in [0.717, 1.165) is 39.2 Å². The highest BCUT2D eigenvalue weighted by molar-refractivity contribution is 6.10. The van der Waals surface area contributed by atoms with Crippen molar-refractivity contribution in [3.05, 3.63) is 163 Å². The van der Waals surface area contributed by atoms with Gasteiger partial charge in [-0.15, -0.1) is 0 Å². The molecule has 3 nitrogen and oxygen atoms in total. The molecule has 0 saturated carbocycles. The predicted molar refractivity (Wildman–Crippen MR) is 194 cm³/mol. The molecule has 0 fully saturated rings. The lowest BCUT2D eigenvalue weighted by Gasteiger charge is -2.22. The van der Waals surface area contributed by atoms with E-state index in [1.54, 1.807) is 0 Å². The van der Waals surface area contributed by atoms with Crippen molar-refractivity contribution in [1.82, 2.24) is 15.0 Å². The zero-order valence-corrected chi connectivity index (χ0v) is 26.3. The quantitative estimate of drug-likeness (QED) is 0.188. The topological polar surface area (TPSA) is 38.7 Å². The number of aromatic nitrogens is 3. The zero-order chi connectivity index (χ0) is 31.5. The molecule has 0 bridgehead atoms. The first kappa shape index (κ1) is 27.4. The van der Waals surface area contributed by atoms with Gasteiger partial charge in [-0.2, -0.15) is 0 Å². The molecular weight excluding hydrogens is 571 g/mol. The molecule has 1 aliphatic carbocycles. The first-order valence-corrected chi connectivity index (χ1v) is 16.1. The van der Waals surface area contributed by atoms with E-state index in [0.29, 0.717) is 5.82 Å². The lowest BCUT2D eigenvalue weighted by atomic mass is 9.81. The Balaban J connectivity index is 1.19. The van der Waals surface area contributed by atoms with Crippen LogP contribution in [0.15, 0.2) is 152 Å². The van der Waals surface area contributed by atoms with Gasteiger partial charge in [0.25, 0.3) is 0 Å². The van der Waals surface area contributed by atoms with Crippen LogP contribution in [0, 0.1) is 0 Å². The molecule has 2 heterocycles. The third kappa shape index (κ3) is 4.54. The molecule has 9 rings (SSSR count). The number of hydrogen-bond donors (Lipinski definition) is 0. The van der Waals surface area contributed by atoms with Crippen molar-refractivity contribution >= 4 is 21.5 Å². The fourth-order valence-electron chi connectivity index (χ4n) is 7.28. The normalized spacial score (nSPS) is 13.1. The van der Waals surface area contributed by atoms with Crippen molar-refractivity contribution in [2.75, 3.05) is 0 Å². The Labute approximate surface area is 274 Å². The summed E-state index contributed by atoms with van der Waals surface area (Å²) in [5, 5.41) is 5.00. The number of rotatable bonds is 4. The molecule has 2 aromatic heterocycles. The summed E-state index contributed by atoms with van der Waals surface area (Å²) in [4.78, 5) is 14.4. The summed E-state index contributed by atoms with van der Waals surface area (Å²) in [6.07, 6.45) is 3.64. The van der Waals surface area contributed by atoms with Crippen LogP contribution in [0.1, 0.15) is 25.0 Å². The summed E-state index contributed by atoms with van der Waals surface area (Å²) in [6.45, 7) is 4.69. The van der Waals surface area contributed by atoms with Crippen LogP contribution in [-0.4, -0.2) is 15.0 Å². The maximum absolute atomic E-state index is 5.17. The van der Waals surface area contributed by atoms with Crippen LogP contribution >= 0.6 is 0 Å². The summed E-state index contributed by atoms with van der Waals surface area (Å²) >= 11 is 0. The van der Waals surface area contributed by atoms with Crippen LogP contribution in [0.2, 0.25) is 0 Å². The highest BCUT2D eigenvalue weighted by Gasteiger charge is 2.35. The standard InChI is InChI=1S/C44H31N3/c1-44(2)39-14-7-6-13-36(39)38-25-32-16-15-31-24-33(17-18-35(31)37(32)26-40(38)44)42-27-41(29-9-4-3-5-10-29)46-43(47-42)34-12-8-11-30(23-34)28-19-21-45-22-20-28/h3-27H,1-2H3. The van der Waals surface area contributed by atoms with Gasteiger partial charge in [0.15, 0.2) is 5.82 Å². The van der Waals surface area contributed by atoms with Gasteiger partial charge in [-0.25, -0.2) is 9.97 Å². The third-order valence-corrected chi connectivity index (χ3v) is 9.76. The molecule has 0 radical (unpaired) electrons. The van der Waals surface area contributed by atoms with E-state index in [1.165, 1.54) is 43.8 Å². The molecule has 0 spiro atoms. The van der Waals surface area contributed by atoms with Crippen LogP contribution in [0.3, 0.4) is 0 Å². The van der Waals surface area contributed by atoms with E-state index in [2.05, 4.69) is 140 Å². The maximum Gasteiger partial charge on any atom is 0.160 e. The van der Waals surface area contributed by atoms with Crippen LogP contribution < -0.4 is 0 Å². The van der Waals surface area contributed by atoms with Crippen molar-refractivity contribution in [2.24, 2.45) is 0 Å². The number of hydrogen-bond acceptors (Lipinski definition) is 3. The SMILES string of the molecule is CC1(C)c2ccccc2-c2cc3ccc4cc(-c5cc(-c6ccccc6)nc(-c6cccc(-c7ccncc7)c6)n5)ccc4c3cc21. The van der Waals surface area contributed by atoms with Gasteiger partial charge in [0, 0.05) is 34.5 Å². The minimum Gasteiger partial charge on any atom is -0.265 e. The summed E-state index contributed by atoms with van der Waals surface area (Å²) < 4.78 is 0. The lowest BCUT2D eigenvalue weighted by Crippen LogP contribution is -2.14. The van der Waals surface area contributed by atoms with E-state index < -0.39 is 0 Å². The van der Waals surface area contributed by atoms with E-state index in [-0.39, 0.29) is 5.41 Å². The monoisotopic (exact) mass is 601 g/mol. The maximum atomic E-state index is 5.17. The molecule has 0 N–H and O–H groups in total. The van der Waals surface area contributed by atoms with Gasteiger partial charge < -0.3 is 0 Å². The second kappa shape index (κ2) is 10.6. The van der Waals surface area contributed by atoms with Gasteiger partial charge in [0.2, 0.25) is 0 Å². The summed E-state index contributed by atoms with van der Waals surface area (Å²) in [5.41, 5.74) is 12.6. The number of benzene rings is 6. The van der Waals surface area contributed by atoms with Gasteiger partial charge >= 0.3 is 0 Å². The molecule has 1 aliphatic rings. The van der Waals surface area contributed by atoms with Gasteiger partial charge in [-0.05, 0) is 97.4 Å². The van der Waals surface area contributed by atoms with E-state index >= 15 is 0 Å². The van der Waals surface area contributed by atoms with Gasteiger partial charge in [0.1, 0.15) is 0 Å². The van der Waals surface area contributed by atoms with Crippen LogP contribution in [-0.2, 0) is 5.41 Å². The molecule has 222 valence electrons. The fourth-order valence-corrected chi connectivity index (χ4v) is 7.28. The predicted octanol–water partition coefficient (Wildman–Crippen LogP) is 11.2. The minimum absolute atomic E-state index is 0.0396. The highest BCUT2D eigenvalue weighted by Crippen LogP contribution is 2.50. The number of nitrogens with zero attached hydrogens (tertiary/aromatic N) is 3. The Morgan fingerprint density at radius 1 is 0.426 bits per heavy atom. The third-order valence-electron chi connectivity index (χ3n) is 9.76. The second-order valence-corrected chi connectivity index (χ2v) is 12.9. The molecule has 0 saturated heterocycles. The lowest BCUT2D eigenvalue weighted by molar-refractivity contribution is 0.661. The van der Waals surface area contributed by atoms with Gasteiger partial charge in [0.05, 0.1) is 11.4 Å². The Kier molecular flexibility index (Phi) is 6.16. The summed E-state index contributed by atoms with van der Waals surface area (Å²) in [5.74, 6) is 0.702. The molecule has 6 aromatic carbocycles. The summed E-state index contributed by atoms with van der Waals surface area (Å²) in [7, 11) is 0. The highest BCUT2D eigenvalue weighted by atomic mass is 14.9. The molecule has 47 heavy (non-hydrogen) atoms. The van der Waals surface area contributed by atoms with Crippen LogP contribution in [0.4, 0.5) is 0 Å². The number of pyridine rings is 1. The first-order valence-electron chi connectivity index (χ1n) is 16.1. The second-order valence-electron chi connectivity index (χ2n) is 12.9. The Morgan fingerprint density at radius 3 is 1.96 bits per heavy atom.